The highest BCUT2D eigenvalue weighted by molar-refractivity contribution is 7.89. The Balaban J connectivity index is 1.01. The van der Waals surface area contributed by atoms with Crippen molar-refractivity contribution in [2.24, 2.45) is 10.9 Å². The molecule has 0 aliphatic carbocycles. The van der Waals surface area contributed by atoms with Crippen molar-refractivity contribution in [3.63, 3.8) is 0 Å². The number of hydrogen-bond acceptors (Lipinski definition) is 6. The fourth-order valence-corrected chi connectivity index (χ4v) is 8.39. The van der Waals surface area contributed by atoms with Gasteiger partial charge in [0.05, 0.1) is 16.8 Å². The lowest BCUT2D eigenvalue weighted by molar-refractivity contribution is -0.125. The van der Waals surface area contributed by atoms with Crippen LogP contribution in [0.5, 0.6) is 0 Å². The lowest BCUT2D eigenvalue weighted by Gasteiger charge is -2.35. The number of piperidine rings is 2. The summed E-state index contributed by atoms with van der Waals surface area (Å²) in [4.78, 5) is 38.1. The number of carbonyl (C=O) groups is 2. The molecule has 44 heavy (non-hydrogen) atoms. The number of nitrogens with zero attached hydrogens (tertiary/aromatic N) is 4. The van der Waals surface area contributed by atoms with Crippen molar-refractivity contribution in [3.8, 4) is 0 Å². The van der Waals surface area contributed by atoms with Gasteiger partial charge in [-0.25, -0.2) is 12.7 Å². The summed E-state index contributed by atoms with van der Waals surface area (Å²) in [6.45, 7) is 1.61. The molecule has 2 amide bonds. The molecule has 1 unspecified atom stereocenters. The minimum Gasteiger partial charge on any atom is -0.338 e. The van der Waals surface area contributed by atoms with Crippen LogP contribution in [0.1, 0.15) is 41.6 Å². The molecule has 2 saturated heterocycles. The molecular formula is C34H35N5O4S. The monoisotopic (exact) mass is 609 g/mol. The predicted octanol–water partition coefficient (Wildman–Crippen LogP) is 4.18. The minimum absolute atomic E-state index is 0.0207. The molecule has 3 aliphatic rings. The molecule has 0 bridgehead atoms. The number of nitrogens with one attached hydrogen (secondary N) is 1. The minimum atomic E-state index is -3.50. The number of hydrogen-bond donors (Lipinski definition) is 1. The predicted molar refractivity (Wildman–Crippen MR) is 171 cm³/mol. The maximum Gasteiger partial charge on any atom is 0.256 e. The van der Waals surface area contributed by atoms with E-state index in [1.807, 2.05) is 77.7 Å². The van der Waals surface area contributed by atoms with Crippen LogP contribution in [0.25, 0.3) is 21.7 Å². The van der Waals surface area contributed by atoms with Crippen molar-refractivity contribution in [2.75, 3.05) is 31.9 Å². The van der Waals surface area contributed by atoms with Crippen LogP contribution in [0.3, 0.4) is 0 Å². The van der Waals surface area contributed by atoms with Gasteiger partial charge in [0, 0.05) is 43.7 Å². The Labute approximate surface area is 257 Å². The summed E-state index contributed by atoms with van der Waals surface area (Å²) in [5.41, 5.74) is 1.32. The third kappa shape index (κ3) is 5.26. The third-order valence-corrected chi connectivity index (χ3v) is 11.3. The number of likely N-dealkylation sites (tertiary alicyclic amines) is 1. The Hall–Kier alpha value is -4.15. The molecule has 4 heterocycles. The molecule has 10 heteroatoms. The lowest BCUT2D eigenvalue weighted by Crippen LogP contribution is -2.51. The number of amides is 2. The van der Waals surface area contributed by atoms with Gasteiger partial charge in [0.2, 0.25) is 10.0 Å². The van der Waals surface area contributed by atoms with E-state index in [1.165, 1.54) is 4.31 Å². The van der Waals surface area contributed by atoms with Crippen molar-refractivity contribution in [3.05, 3.63) is 90.1 Å². The molecule has 7 rings (SSSR count). The first-order valence-corrected chi connectivity index (χ1v) is 16.9. The van der Waals surface area contributed by atoms with Gasteiger partial charge in [0.1, 0.15) is 11.4 Å². The average Bonchev–Trinajstić information content (AvgIpc) is 3.38. The van der Waals surface area contributed by atoms with Crippen LogP contribution in [0.2, 0.25) is 0 Å². The second-order valence-corrected chi connectivity index (χ2v) is 14.1. The number of sulfonamides is 1. The van der Waals surface area contributed by atoms with Crippen LogP contribution in [0.4, 0.5) is 0 Å². The normalized spacial score (nSPS) is 20.6. The highest BCUT2D eigenvalue weighted by atomic mass is 32.2. The van der Waals surface area contributed by atoms with Gasteiger partial charge in [-0.05, 0) is 60.6 Å². The summed E-state index contributed by atoms with van der Waals surface area (Å²) in [7, 11) is -3.50. The number of fused-ring (bicyclic) bond motifs is 2. The molecule has 226 valence electrons. The molecule has 2 fully saturated rings. The zero-order valence-corrected chi connectivity index (χ0v) is 25.3. The summed E-state index contributed by atoms with van der Waals surface area (Å²) in [6.07, 6.45) is 4.43. The maximum absolute atomic E-state index is 13.6. The first-order valence-electron chi connectivity index (χ1n) is 15.3. The summed E-state index contributed by atoms with van der Waals surface area (Å²) in [5, 5.41) is 6.11. The van der Waals surface area contributed by atoms with Crippen LogP contribution in [0, 0.1) is 5.92 Å². The van der Waals surface area contributed by atoms with Crippen LogP contribution < -0.4 is 5.32 Å². The molecular weight excluding hydrogens is 574 g/mol. The van der Waals surface area contributed by atoms with E-state index in [4.69, 9.17) is 4.99 Å². The number of amidine groups is 1. The van der Waals surface area contributed by atoms with Gasteiger partial charge < -0.3 is 10.2 Å². The summed E-state index contributed by atoms with van der Waals surface area (Å²) >= 11 is 0. The van der Waals surface area contributed by atoms with E-state index in [2.05, 4.69) is 10.3 Å². The molecule has 3 aromatic carbocycles. The van der Waals surface area contributed by atoms with Crippen LogP contribution in [-0.2, 0) is 21.2 Å². The van der Waals surface area contributed by atoms with Gasteiger partial charge in [0.15, 0.2) is 0 Å². The van der Waals surface area contributed by atoms with Crippen molar-refractivity contribution in [2.45, 2.75) is 37.6 Å². The Morgan fingerprint density at radius 1 is 0.932 bits per heavy atom. The smallest absolute Gasteiger partial charge is 0.256 e. The summed E-state index contributed by atoms with van der Waals surface area (Å²) in [5.74, 6) is 0.326. The van der Waals surface area contributed by atoms with Crippen molar-refractivity contribution in [1.29, 1.82) is 0 Å². The SMILES string of the molecule is O=C(c1cccc2cccnc12)N1CCCC(C2=NC3(CCN(S(=O)(=O)CCc4cccc5ccccc45)CC3)C(=O)N2)C1. The summed E-state index contributed by atoms with van der Waals surface area (Å²) in [6, 6.07) is 23.4. The van der Waals surface area contributed by atoms with E-state index in [0.717, 1.165) is 34.6 Å². The van der Waals surface area contributed by atoms with E-state index in [1.54, 1.807) is 6.20 Å². The van der Waals surface area contributed by atoms with Crippen LogP contribution >= 0.6 is 0 Å². The quantitative estimate of drug-likeness (QED) is 0.353. The Bertz CT molecular complexity index is 1890. The molecule has 1 aromatic heterocycles. The Kier molecular flexibility index (Phi) is 7.42. The fourth-order valence-electron chi connectivity index (χ4n) is 6.92. The largest absolute Gasteiger partial charge is 0.338 e. The number of rotatable bonds is 6. The van der Waals surface area contributed by atoms with Gasteiger partial charge in [-0.2, -0.15) is 0 Å². The van der Waals surface area contributed by atoms with Crippen LogP contribution in [-0.4, -0.2) is 77.7 Å². The number of para-hydroxylation sites is 1. The number of benzene rings is 3. The van der Waals surface area contributed by atoms with E-state index in [0.29, 0.717) is 49.3 Å². The topological polar surface area (TPSA) is 112 Å². The standard InChI is InChI=1S/C34H35N5O4S/c40-32(29-14-4-10-26-11-5-18-35-30(26)29)38-19-6-12-27(23-38)31-36-33(41)34(37-31)16-20-39(21-17-34)44(42,43)22-15-25-9-3-8-24-7-1-2-13-28(24)25/h1-5,7-11,13-14,18,27H,6,12,15-17,19-23H2,(H,36,37,41). The number of aromatic nitrogens is 1. The molecule has 3 aliphatic heterocycles. The van der Waals surface area contributed by atoms with Gasteiger partial charge in [-0.1, -0.05) is 60.7 Å². The highest BCUT2D eigenvalue weighted by Gasteiger charge is 2.48. The molecule has 4 aromatic rings. The summed E-state index contributed by atoms with van der Waals surface area (Å²) < 4.78 is 28.2. The molecule has 0 radical (unpaired) electrons. The Morgan fingerprint density at radius 2 is 1.68 bits per heavy atom. The van der Waals surface area contributed by atoms with Gasteiger partial charge >= 0.3 is 0 Å². The van der Waals surface area contributed by atoms with Crippen molar-refractivity contribution >= 4 is 49.3 Å². The maximum atomic E-state index is 13.6. The van der Waals surface area contributed by atoms with Crippen LogP contribution in [0.15, 0.2) is 84.0 Å². The highest BCUT2D eigenvalue weighted by Crippen LogP contribution is 2.34. The zero-order chi connectivity index (χ0) is 30.3. The van der Waals surface area contributed by atoms with E-state index >= 15 is 0 Å². The third-order valence-electron chi connectivity index (χ3n) is 9.41. The first-order chi connectivity index (χ1) is 21.3. The van der Waals surface area contributed by atoms with E-state index < -0.39 is 15.6 Å². The number of carbonyl (C=O) groups excluding carboxylic acids is 2. The number of pyridine rings is 1. The van der Waals surface area contributed by atoms with E-state index in [9.17, 15) is 18.0 Å². The fraction of sp³-hybridized carbons (Fsp3) is 0.353. The van der Waals surface area contributed by atoms with E-state index in [-0.39, 0.29) is 36.6 Å². The first kappa shape index (κ1) is 28.6. The second-order valence-electron chi connectivity index (χ2n) is 12.1. The number of aliphatic imine (C=N–C) groups is 1. The second kappa shape index (κ2) is 11.4. The van der Waals surface area contributed by atoms with Crippen molar-refractivity contribution in [1.82, 2.24) is 19.5 Å². The molecule has 1 spiro atoms. The average molecular weight is 610 g/mol. The van der Waals surface area contributed by atoms with Gasteiger partial charge in [0.25, 0.3) is 11.8 Å². The molecule has 1 N–H and O–H groups in total. The number of aryl methyl sites for hydroxylation is 1. The van der Waals surface area contributed by atoms with Gasteiger partial charge in [-0.15, -0.1) is 0 Å². The lowest BCUT2D eigenvalue weighted by atomic mass is 9.89. The molecule has 0 saturated carbocycles. The molecule has 1 atom stereocenters. The van der Waals surface area contributed by atoms with Crippen molar-refractivity contribution < 1.29 is 18.0 Å². The Morgan fingerprint density at radius 3 is 2.55 bits per heavy atom. The van der Waals surface area contributed by atoms with Gasteiger partial charge in [-0.3, -0.25) is 19.6 Å². The zero-order valence-electron chi connectivity index (χ0n) is 24.5. The molecule has 9 nitrogen and oxygen atoms in total.